The second-order valence-corrected chi connectivity index (χ2v) is 9.28. The van der Waals surface area contributed by atoms with Crippen molar-refractivity contribution in [2.24, 2.45) is 0 Å². The molecule has 1 aliphatic heterocycles. The molecule has 0 radical (unpaired) electrons. The zero-order valence-corrected chi connectivity index (χ0v) is 21.4. The Morgan fingerprint density at radius 1 is 1.08 bits per heavy atom. The Morgan fingerprint density at radius 2 is 1.81 bits per heavy atom. The van der Waals surface area contributed by atoms with Gasteiger partial charge in [0.25, 0.3) is 5.91 Å². The van der Waals surface area contributed by atoms with Crippen LogP contribution in [0.15, 0.2) is 48.0 Å². The van der Waals surface area contributed by atoms with Gasteiger partial charge in [-0.1, -0.05) is 18.2 Å². The third-order valence-corrected chi connectivity index (χ3v) is 7.15. The summed E-state index contributed by atoms with van der Waals surface area (Å²) in [6.45, 7) is 4.99. The van der Waals surface area contributed by atoms with Gasteiger partial charge in [-0.05, 0) is 18.2 Å². The van der Waals surface area contributed by atoms with Gasteiger partial charge in [0, 0.05) is 61.1 Å². The Labute approximate surface area is 213 Å². The molecule has 9 nitrogen and oxygen atoms in total. The lowest BCUT2D eigenvalue weighted by molar-refractivity contribution is 0.102. The lowest BCUT2D eigenvalue weighted by atomic mass is 10.1. The Balaban J connectivity index is 1.42. The van der Waals surface area contributed by atoms with Crippen LogP contribution < -0.4 is 24.8 Å². The highest BCUT2D eigenvalue weighted by atomic mass is 32.1. The quantitative estimate of drug-likeness (QED) is 0.376. The van der Waals surface area contributed by atoms with Crippen molar-refractivity contribution in [2.45, 2.75) is 6.54 Å². The van der Waals surface area contributed by atoms with E-state index in [1.54, 1.807) is 23.5 Å². The predicted octanol–water partition coefficient (Wildman–Crippen LogP) is 3.75. The standard InChI is InChI=1S/C26H29N5O4S/c1-33-22-12-17(13-23(34-2)24(22)35-3)25(32)28-20-7-5-4-6-19(20)21-15-31-18(16-36-26(31)29-21)14-30-10-8-27-9-11-30/h4-7,12-13,15-16,27H,8-11,14H2,1-3H3,(H,28,32). The number of para-hydroxylation sites is 1. The van der Waals surface area contributed by atoms with E-state index in [1.165, 1.54) is 27.0 Å². The number of ether oxygens (including phenoxy) is 3. The van der Waals surface area contributed by atoms with Crippen LogP contribution in [0, 0.1) is 0 Å². The summed E-state index contributed by atoms with van der Waals surface area (Å²) < 4.78 is 18.3. The monoisotopic (exact) mass is 507 g/mol. The van der Waals surface area contributed by atoms with Crippen LogP contribution in [0.3, 0.4) is 0 Å². The number of nitrogens with zero attached hydrogens (tertiary/aromatic N) is 3. The van der Waals surface area contributed by atoms with E-state index < -0.39 is 0 Å². The van der Waals surface area contributed by atoms with Crippen molar-refractivity contribution < 1.29 is 19.0 Å². The number of amides is 1. The van der Waals surface area contributed by atoms with E-state index in [2.05, 4.69) is 25.3 Å². The van der Waals surface area contributed by atoms with Gasteiger partial charge in [-0.15, -0.1) is 11.3 Å². The second-order valence-electron chi connectivity index (χ2n) is 8.45. The third kappa shape index (κ3) is 4.75. The SMILES string of the molecule is COc1cc(C(=O)Nc2ccccc2-c2cn3c(CN4CCNCC4)csc3n2)cc(OC)c1OC. The van der Waals surface area contributed by atoms with E-state index in [-0.39, 0.29) is 5.91 Å². The van der Waals surface area contributed by atoms with Crippen LogP contribution in [0.1, 0.15) is 16.1 Å². The highest BCUT2D eigenvalue weighted by Crippen LogP contribution is 2.38. The van der Waals surface area contributed by atoms with E-state index in [9.17, 15) is 4.79 Å². The van der Waals surface area contributed by atoms with Crippen molar-refractivity contribution >= 4 is 27.9 Å². The van der Waals surface area contributed by atoms with Crippen molar-refractivity contribution in [3.8, 4) is 28.5 Å². The van der Waals surface area contributed by atoms with Crippen LogP contribution in [0.2, 0.25) is 0 Å². The lowest BCUT2D eigenvalue weighted by Gasteiger charge is -2.26. The maximum Gasteiger partial charge on any atom is 0.255 e. The number of hydrogen-bond acceptors (Lipinski definition) is 8. The average Bonchev–Trinajstić information content (AvgIpc) is 3.50. The molecular formula is C26H29N5O4S. The van der Waals surface area contributed by atoms with E-state index >= 15 is 0 Å². The Morgan fingerprint density at radius 3 is 2.50 bits per heavy atom. The van der Waals surface area contributed by atoms with Gasteiger partial charge in [-0.2, -0.15) is 0 Å². The van der Waals surface area contributed by atoms with Gasteiger partial charge in [0.1, 0.15) is 0 Å². The lowest BCUT2D eigenvalue weighted by Crippen LogP contribution is -2.43. The molecule has 2 aromatic heterocycles. The first-order valence-corrected chi connectivity index (χ1v) is 12.6. The fourth-order valence-corrected chi connectivity index (χ4v) is 5.26. The number of carbonyl (C=O) groups is 1. The largest absolute Gasteiger partial charge is 0.493 e. The van der Waals surface area contributed by atoms with Crippen LogP contribution in [0.4, 0.5) is 5.69 Å². The summed E-state index contributed by atoms with van der Waals surface area (Å²) in [4.78, 5) is 21.5. The number of methoxy groups -OCH3 is 3. The zero-order chi connectivity index (χ0) is 25.1. The van der Waals surface area contributed by atoms with Crippen molar-refractivity contribution in [3.63, 3.8) is 0 Å². The number of imidazole rings is 1. The number of aromatic nitrogens is 2. The summed E-state index contributed by atoms with van der Waals surface area (Å²) in [6, 6.07) is 10.9. The number of piperazine rings is 1. The first-order chi connectivity index (χ1) is 17.6. The minimum Gasteiger partial charge on any atom is -0.493 e. The highest BCUT2D eigenvalue weighted by molar-refractivity contribution is 7.15. The number of nitrogens with one attached hydrogen (secondary N) is 2. The molecule has 10 heteroatoms. The zero-order valence-electron chi connectivity index (χ0n) is 20.5. The Hall–Kier alpha value is -3.60. The van der Waals surface area contributed by atoms with Gasteiger partial charge in [0.15, 0.2) is 16.5 Å². The summed E-state index contributed by atoms with van der Waals surface area (Å²) in [7, 11) is 4.57. The van der Waals surface area contributed by atoms with Crippen LogP contribution in [-0.4, -0.2) is 67.7 Å². The number of anilines is 1. The van der Waals surface area contributed by atoms with Gasteiger partial charge in [0.05, 0.1) is 32.7 Å². The Bertz CT molecular complexity index is 1350. The van der Waals surface area contributed by atoms with Crippen molar-refractivity contribution in [1.29, 1.82) is 0 Å². The Kier molecular flexibility index (Phi) is 7.08. The molecule has 0 bridgehead atoms. The molecule has 188 valence electrons. The van der Waals surface area contributed by atoms with Crippen LogP contribution in [0.5, 0.6) is 17.2 Å². The number of hydrogen-bond donors (Lipinski definition) is 2. The molecule has 0 saturated carbocycles. The molecule has 0 unspecified atom stereocenters. The molecule has 0 atom stereocenters. The number of fused-ring (bicyclic) bond motifs is 1. The summed E-state index contributed by atoms with van der Waals surface area (Å²) in [6.07, 6.45) is 2.05. The molecule has 2 N–H and O–H groups in total. The normalized spacial score (nSPS) is 14.1. The molecule has 1 amide bonds. The van der Waals surface area contributed by atoms with Crippen LogP contribution >= 0.6 is 11.3 Å². The van der Waals surface area contributed by atoms with E-state index in [0.29, 0.717) is 28.5 Å². The minimum absolute atomic E-state index is 0.290. The third-order valence-electron chi connectivity index (χ3n) is 6.26. The number of carbonyl (C=O) groups excluding carboxylic acids is 1. The van der Waals surface area contributed by atoms with Gasteiger partial charge in [0.2, 0.25) is 5.75 Å². The molecule has 2 aromatic carbocycles. The molecule has 3 heterocycles. The maximum atomic E-state index is 13.2. The van der Waals surface area contributed by atoms with E-state index in [1.807, 2.05) is 30.5 Å². The topological polar surface area (TPSA) is 89.4 Å². The minimum atomic E-state index is -0.290. The van der Waals surface area contributed by atoms with Gasteiger partial charge in [-0.3, -0.25) is 14.1 Å². The number of thiazole rings is 1. The molecule has 36 heavy (non-hydrogen) atoms. The van der Waals surface area contributed by atoms with Gasteiger partial charge in [-0.25, -0.2) is 4.98 Å². The second kappa shape index (κ2) is 10.6. The fraction of sp³-hybridized carbons (Fsp3) is 0.308. The fourth-order valence-electron chi connectivity index (χ4n) is 4.39. The molecule has 5 rings (SSSR count). The predicted molar refractivity (Wildman–Crippen MR) is 141 cm³/mol. The summed E-state index contributed by atoms with van der Waals surface area (Å²) in [5, 5.41) is 8.60. The van der Waals surface area contributed by atoms with E-state index in [0.717, 1.165) is 48.9 Å². The number of benzene rings is 2. The molecular weight excluding hydrogens is 478 g/mol. The summed E-state index contributed by atoms with van der Waals surface area (Å²) in [5.74, 6) is 0.983. The molecule has 1 saturated heterocycles. The first-order valence-electron chi connectivity index (χ1n) is 11.7. The van der Waals surface area contributed by atoms with Crippen molar-refractivity contribution in [3.05, 3.63) is 59.2 Å². The molecule has 0 spiro atoms. The first kappa shape index (κ1) is 24.1. The molecule has 1 aliphatic rings. The average molecular weight is 508 g/mol. The van der Waals surface area contributed by atoms with Crippen molar-refractivity contribution in [2.75, 3.05) is 52.8 Å². The van der Waals surface area contributed by atoms with Crippen LogP contribution in [0.25, 0.3) is 16.2 Å². The highest BCUT2D eigenvalue weighted by Gasteiger charge is 2.20. The van der Waals surface area contributed by atoms with Crippen LogP contribution in [-0.2, 0) is 6.54 Å². The van der Waals surface area contributed by atoms with Gasteiger partial charge < -0.3 is 24.8 Å². The van der Waals surface area contributed by atoms with Crippen molar-refractivity contribution in [1.82, 2.24) is 19.6 Å². The summed E-state index contributed by atoms with van der Waals surface area (Å²) in [5.41, 5.74) is 3.94. The molecule has 1 fully saturated rings. The molecule has 4 aromatic rings. The number of rotatable bonds is 8. The maximum absolute atomic E-state index is 13.2. The van der Waals surface area contributed by atoms with E-state index in [4.69, 9.17) is 19.2 Å². The smallest absolute Gasteiger partial charge is 0.255 e. The molecule has 0 aliphatic carbocycles. The summed E-state index contributed by atoms with van der Waals surface area (Å²) >= 11 is 1.63. The van der Waals surface area contributed by atoms with Gasteiger partial charge >= 0.3 is 0 Å².